The van der Waals surface area contributed by atoms with Crippen LogP contribution in [-0.2, 0) is 6.42 Å². The van der Waals surface area contributed by atoms with Crippen molar-refractivity contribution < 1.29 is 0 Å². The quantitative estimate of drug-likeness (QED) is 0.891. The van der Waals surface area contributed by atoms with Crippen LogP contribution in [0, 0.1) is 13.8 Å². The van der Waals surface area contributed by atoms with Crippen LogP contribution in [0.15, 0.2) is 46.9 Å². The van der Waals surface area contributed by atoms with Crippen LogP contribution < -0.4 is 5.73 Å². The number of nitrogens with two attached hydrogens (primary N) is 1. The van der Waals surface area contributed by atoms with Crippen LogP contribution in [0.1, 0.15) is 28.2 Å². The van der Waals surface area contributed by atoms with Crippen molar-refractivity contribution in [1.29, 1.82) is 0 Å². The molecule has 0 fully saturated rings. The number of hydrogen-bond donors (Lipinski definition) is 1. The second-order valence-corrected chi connectivity index (χ2v) is 5.94. The minimum absolute atomic E-state index is 0.374. The summed E-state index contributed by atoms with van der Waals surface area (Å²) < 4.78 is 1.17. The first-order valence-corrected chi connectivity index (χ1v) is 7.41. The smallest absolute Gasteiger partial charge is 0.0207 e. The fourth-order valence-corrected chi connectivity index (χ4v) is 2.90. The van der Waals surface area contributed by atoms with Crippen LogP contribution in [0.5, 0.6) is 0 Å². The van der Waals surface area contributed by atoms with E-state index in [-0.39, 0.29) is 0 Å². The molecule has 0 saturated carbocycles. The summed E-state index contributed by atoms with van der Waals surface area (Å²) in [6.45, 7) is 4.97. The Labute approximate surface area is 124 Å². The van der Waals surface area contributed by atoms with E-state index in [2.05, 4.69) is 66.2 Å². The largest absolute Gasteiger partial charge is 0.330 e. The Morgan fingerprint density at radius 3 is 2.53 bits per heavy atom. The molecule has 0 aromatic heterocycles. The summed E-state index contributed by atoms with van der Waals surface area (Å²) in [4.78, 5) is 0. The lowest BCUT2D eigenvalue weighted by Crippen LogP contribution is -2.16. The van der Waals surface area contributed by atoms with E-state index in [0.717, 1.165) is 6.42 Å². The number of hydrogen-bond acceptors (Lipinski definition) is 1. The van der Waals surface area contributed by atoms with Crippen LogP contribution in [0.2, 0.25) is 0 Å². The molecule has 0 spiro atoms. The van der Waals surface area contributed by atoms with Gasteiger partial charge < -0.3 is 5.73 Å². The SMILES string of the molecule is Cc1ccc(C)c(C(CN)Cc2ccccc2Br)c1. The van der Waals surface area contributed by atoms with Gasteiger partial charge in [-0.15, -0.1) is 0 Å². The number of aryl methyl sites for hydroxylation is 2. The molecule has 0 aliphatic heterocycles. The van der Waals surface area contributed by atoms with Gasteiger partial charge in [-0.05, 0) is 49.6 Å². The maximum atomic E-state index is 6.01. The first-order chi connectivity index (χ1) is 9.11. The van der Waals surface area contributed by atoms with E-state index in [4.69, 9.17) is 5.73 Å². The molecule has 100 valence electrons. The molecule has 1 unspecified atom stereocenters. The predicted molar refractivity (Wildman–Crippen MR) is 85.6 cm³/mol. The fourth-order valence-electron chi connectivity index (χ4n) is 2.45. The van der Waals surface area contributed by atoms with Gasteiger partial charge in [0.1, 0.15) is 0 Å². The van der Waals surface area contributed by atoms with Crippen molar-refractivity contribution in [3.05, 3.63) is 69.2 Å². The molecule has 1 atom stereocenters. The van der Waals surface area contributed by atoms with Crippen molar-refractivity contribution in [3.8, 4) is 0 Å². The Kier molecular flexibility index (Phi) is 4.78. The van der Waals surface area contributed by atoms with E-state index in [0.29, 0.717) is 12.5 Å². The lowest BCUT2D eigenvalue weighted by atomic mass is 9.88. The first kappa shape index (κ1) is 14.3. The van der Waals surface area contributed by atoms with Crippen molar-refractivity contribution in [1.82, 2.24) is 0 Å². The molecule has 0 aliphatic carbocycles. The molecule has 2 aromatic rings. The molecule has 0 heterocycles. The number of halogens is 1. The van der Waals surface area contributed by atoms with Gasteiger partial charge in [-0.1, -0.05) is 57.9 Å². The monoisotopic (exact) mass is 317 g/mol. The second kappa shape index (κ2) is 6.36. The van der Waals surface area contributed by atoms with Crippen molar-refractivity contribution in [2.75, 3.05) is 6.54 Å². The summed E-state index contributed by atoms with van der Waals surface area (Å²) in [7, 11) is 0. The number of rotatable bonds is 4. The highest BCUT2D eigenvalue weighted by Crippen LogP contribution is 2.27. The average molecular weight is 318 g/mol. The van der Waals surface area contributed by atoms with Gasteiger partial charge in [0.15, 0.2) is 0 Å². The van der Waals surface area contributed by atoms with E-state index in [1.54, 1.807) is 0 Å². The zero-order valence-electron chi connectivity index (χ0n) is 11.5. The fraction of sp³-hybridized carbons (Fsp3) is 0.294. The Bertz CT molecular complexity index is 563. The van der Waals surface area contributed by atoms with Gasteiger partial charge in [0, 0.05) is 10.4 Å². The molecule has 0 amide bonds. The van der Waals surface area contributed by atoms with E-state index >= 15 is 0 Å². The molecule has 2 rings (SSSR count). The third kappa shape index (κ3) is 3.46. The highest BCUT2D eigenvalue weighted by Gasteiger charge is 2.14. The molecule has 2 N–H and O–H groups in total. The van der Waals surface area contributed by atoms with Gasteiger partial charge in [-0.3, -0.25) is 0 Å². The van der Waals surface area contributed by atoms with Gasteiger partial charge in [0.25, 0.3) is 0 Å². The standard InChI is InChI=1S/C17H20BrN/c1-12-7-8-13(2)16(9-12)15(11-19)10-14-5-3-4-6-17(14)18/h3-9,15H,10-11,19H2,1-2H3. The van der Waals surface area contributed by atoms with Crippen LogP contribution >= 0.6 is 15.9 Å². The van der Waals surface area contributed by atoms with E-state index in [1.807, 2.05) is 6.07 Å². The molecule has 1 nitrogen and oxygen atoms in total. The minimum Gasteiger partial charge on any atom is -0.330 e. The molecular formula is C17H20BrN. The third-order valence-electron chi connectivity index (χ3n) is 3.58. The maximum absolute atomic E-state index is 6.01. The Morgan fingerprint density at radius 2 is 1.84 bits per heavy atom. The van der Waals surface area contributed by atoms with Crippen molar-refractivity contribution in [2.45, 2.75) is 26.2 Å². The summed E-state index contributed by atoms with van der Waals surface area (Å²) in [6, 6.07) is 15.0. The van der Waals surface area contributed by atoms with E-state index in [1.165, 1.54) is 26.7 Å². The first-order valence-electron chi connectivity index (χ1n) is 6.62. The molecule has 2 heteroatoms. The van der Waals surface area contributed by atoms with Crippen LogP contribution in [0.3, 0.4) is 0 Å². The summed E-state index contributed by atoms with van der Waals surface area (Å²) in [5.41, 5.74) is 11.3. The Balaban J connectivity index is 2.30. The van der Waals surface area contributed by atoms with Gasteiger partial charge in [-0.25, -0.2) is 0 Å². The summed E-state index contributed by atoms with van der Waals surface area (Å²) >= 11 is 3.62. The van der Waals surface area contributed by atoms with E-state index < -0.39 is 0 Å². The zero-order valence-corrected chi connectivity index (χ0v) is 13.1. The highest BCUT2D eigenvalue weighted by atomic mass is 79.9. The molecule has 0 bridgehead atoms. The summed E-state index contributed by atoms with van der Waals surface area (Å²) in [6.07, 6.45) is 0.974. The van der Waals surface area contributed by atoms with Crippen LogP contribution in [0.4, 0.5) is 0 Å². The second-order valence-electron chi connectivity index (χ2n) is 5.09. The topological polar surface area (TPSA) is 26.0 Å². The molecular weight excluding hydrogens is 298 g/mol. The molecule has 0 saturated heterocycles. The van der Waals surface area contributed by atoms with Crippen LogP contribution in [-0.4, -0.2) is 6.54 Å². The van der Waals surface area contributed by atoms with Crippen molar-refractivity contribution in [3.63, 3.8) is 0 Å². The average Bonchev–Trinajstić information content (AvgIpc) is 2.41. The van der Waals surface area contributed by atoms with Gasteiger partial charge >= 0.3 is 0 Å². The lowest BCUT2D eigenvalue weighted by molar-refractivity contribution is 0.687. The van der Waals surface area contributed by atoms with Crippen LogP contribution in [0.25, 0.3) is 0 Å². The summed E-state index contributed by atoms with van der Waals surface area (Å²) in [5, 5.41) is 0. The van der Waals surface area contributed by atoms with Gasteiger partial charge in [0.05, 0.1) is 0 Å². The van der Waals surface area contributed by atoms with Crippen molar-refractivity contribution >= 4 is 15.9 Å². The Hall–Kier alpha value is -1.12. The van der Waals surface area contributed by atoms with Gasteiger partial charge in [-0.2, -0.15) is 0 Å². The Morgan fingerprint density at radius 1 is 1.11 bits per heavy atom. The lowest BCUT2D eigenvalue weighted by Gasteiger charge is -2.19. The molecule has 19 heavy (non-hydrogen) atoms. The molecule has 0 aliphatic rings. The van der Waals surface area contributed by atoms with Gasteiger partial charge in [0.2, 0.25) is 0 Å². The molecule has 0 radical (unpaired) electrons. The normalized spacial score (nSPS) is 12.4. The summed E-state index contributed by atoms with van der Waals surface area (Å²) in [5.74, 6) is 0.374. The molecule has 2 aromatic carbocycles. The van der Waals surface area contributed by atoms with E-state index in [9.17, 15) is 0 Å². The zero-order chi connectivity index (χ0) is 13.8. The van der Waals surface area contributed by atoms with Crippen molar-refractivity contribution in [2.24, 2.45) is 5.73 Å². The third-order valence-corrected chi connectivity index (χ3v) is 4.36. The predicted octanol–water partition coefficient (Wildman–Crippen LogP) is 4.35. The minimum atomic E-state index is 0.374. The maximum Gasteiger partial charge on any atom is 0.0207 e. The number of benzene rings is 2. The highest BCUT2D eigenvalue weighted by molar-refractivity contribution is 9.10.